The Morgan fingerprint density at radius 3 is 2.67 bits per heavy atom. The SMILES string of the molecule is COC(=O)c1nc(NCCCC(=C(/N)Cl)/C(C)=C(\[NH3+])Cl)ccc1Br. The number of anilines is 1. The largest absolute Gasteiger partial charge is 0.464 e. The van der Waals surface area contributed by atoms with Gasteiger partial charge in [0.25, 0.3) is 0 Å². The van der Waals surface area contributed by atoms with Crippen molar-refractivity contribution >= 4 is 50.9 Å². The number of aromatic nitrogens is 1. The Kier molecular flexibility index (Phi) is 8.55. The molecule has 0 radical (unpaired) electrons. The number of esters is 1. The van der Waals surface area contributed by atoms with E-state index in [-0.39, 0.29) is 10.9 Å². The van der Waals surface area contributed by atoms with E-state index >= 15 is 0 Å². The van der Waals surface area contributed by atoms with Crippen molar-refractivity contribution in [2.75, 3.05) is 19.0 Å². The summed E-state index contributed by atoms with van der Waals surface area (Å²) >= 11 is 15.1. The summed E-state index contributed by atoms with van der Waals surface area (Å²) in [4.78, 5) is 15.8. The van der Waals surface area contributed by atoms with E-state index in [1.165, 1.54) is 7.11 Å². The minimum absolute atomic E-state index is 0.212. The zero-order valence-electron chi connectivity index (χ0n) is 13.5. The van der Waals surface area contributed by atoms with Crippen molar-refractivity contribution in [2.45, 2.75) is 19.8 Å². The summed E-state index contributed by atoms with van der Waals surface area (Å²) in [5.74, 6) is 0.0712. The van der Waals surface area contributed by atoms with Gasteiger partial charge < -0.3 is 21.5 Å². The molecule has 0 saturated carbocycles. The molecule has 0 fully saturated rings. The van der Waals surface area contributed by atoms with E-state index in [0.29, 0.717) is 28.4 Å². The monoisotopic (exact) mass is 437 g/mol. The van der Waals surface area contributed by atoms with E-state index in [4.69, 9.17) is 28.9 Å². The minimum atomic E-state index is -0.503. The number of quaternary nitrogens is 1. The van der Waals surface area contributed by atoms with E-state index in [0.717, 1.165) is 17.6 Å². The molecule has 1 aromatic rings. The van der Waals surface area contributed by atoms with Gasteiger partial charge in [0, 0.05) is 12.1 Å². The predicted octanol–water partition coefficient (Wildman–Crippen LogP) is 2.94. The quantitative estimate of drug-likeness (QED) is 0.262. The fourth-order valence-electron chi connectivity index (χ4n) is 1.91. The number of carbonyl (C=O) groups is 1. The van der Waals surface area contributed by atoms with Gasteiger partial charge in [-0.05, 0) is 65.0 Å². The van der Waals surface area contributed by atoms with Gasteiger partial charge in [-0.15, -0.1) is 0 Å². The Labute approximate surface area is 159 Å². The van der Waals surface area contributed by atoms with Crippen molar-refractivity contribution < 1.29 is 15.3 Å². The topological polar surface area (TPSA) is 105 Å². The van der Waals surface area contributed by atoms with E-state index in [9.17, 15) is 4.79 Å². The Hall–Kier alpha value is -1.28. The van der Waals surface area contributed by atoms with Crippen LogP contribution >= 0.6 is 39.1 Å². The van der Waals surface area contributed by atoms with Crippen molar-refractivity contribution in [1.82, 2.24) is 4.98 Å². The van der Waals surface area contributed by atoms with Crippen molar-refractivity contribution in [2.24, 2.45) is 5.73 Å². The van der Waals surface area contributed by atoms with Crippen LogP contribution in [0.1, 0.15) is 30.3 Å². The van der Waals surface area contributed by atoms with Crippen LogP contribution < -0.4 is 16.8 Å². The van der Waals surface area contributed by atoms with Crippen LogP contribution in [0.2, 0.25) is 0 Å². The molecule has 1 rings (SSSR count). The molecule has 0 aliphatic heterocycles. The lowest BCUT2D eigenvalue weighted by atomic mass is 10.0. The van der Waals surface area contributed by atoms with Gasteiger partial charge in [0.1, 0.15) is 11.0 Å². The van der Waals surface area contributed by atoms with E-state index in [1.807, 2.05) is 6.92 Å². The molecule has 0 saturated heterocycles. The van der Waals surface area contributed by atoms with Gasteiger partial charge in [-0.3, -0.25) is 0 Å². The number of nitrogens with zero attached hydrogens (tertiary/aromatic N) is 1. The third-order valence-corrected chi connectivity index (χ3v) is 4.43. The van der Waals surface area contributed by atoms with Crippen molar-refractivity contribution in [3.63, 3.8) is 0 Å². The first-order valence-electron chi connectivity index (χ1n) is 7.09. The van der Waals surface area contributed by atoms with Gasteiger partial charge in [0.15, 0.2) is 10.9 Å². The lowest BCUT2D eigenvalue weighted by Crippen LogP contribution is -2.45. The Morgan fingerprint density at radius 2 is 2.12 bits per heavy atom. The average Bonchev–Trinajstić information content (AvgIpc) is 2.54. The lowest BCUT2D eigenvalue weighted by Gasteiger charge is -2.11. The number of hydrogen-bond acceptors (Lipinski definition) is 5. The maximum Gasteiger partial charge on any atom is 0.357 e. The molecule has 0 aliphatic rings. The second-order valence-electron chi connectivity index (χ2n) is 4.91. The highest BCUT2D eigenvalue weighted by molar-refractivity contribution is 9.10. The first kappa shape index (κ1) is 20.8. The van der Waals surface area contributed by atoms with E-state index in [1.54, 1.807) is 12.1 Å². The van der Waals surface area contributed by atoms with Crippen LogP contribution in [0.25, 0.3) is 0 Å². The summed E-state index contributed by atoms with van der Waals surface area (Å²) < 4.78 is 5.26. The zero-order valence-corrected chi connectivity index (χ0v) is 16.6. The summed E-state index contributed by atoms with van der Waals surface area (Å²) in [6.45, 7) is 2.44. The fraction of sp³-hybridized carbons (Fsp3) is 0.333. The van der Waals surface area contributed by atoms with Gasteiger partial charge in [-0.25, -0.2) is 9.78 Å². The van der Waals surface area contributed by atoms with Gasteiger partial charge in [-0.2, -0.15) is 0 Å². The standard InChI is InChI=1S/C15H19BrCl2N4O2/c1-8(13(17)19)9(14(18)20)4-3-7-21-11-6-5-10(16)12(22-11)15(23)24-2/h5-6H,3-4,7,19-20H2,1-2H3,(H,21,22)/p+1/b13-8-,14-9-. The first-order valence-corrected chi connectivity index (χ1v) is 8.64. The second kappa shape index (κ2) is 9.88. The molecule has 132 valence electrons. The highest BCUT2D eigenvalue weighted by Crippen LogP contribution is 2.22. The molecular formula is C15H20BrCl2N4O2+. The molecule has 0 amide bonds. The van der Waals surface area contributed by atoms with Crippen LogP contribution in [0.4, 0.5) is 5.82 Å². The van der Waals surface area contributed by atoms with E-state index in [2.05, 4.69) is 36.7 Å². The normalized spacial score (nSPS) is 13.1. The van der Waals surface area contributed by atoms with Crippen molar-refractivity contribution in [3.05, 3.63) is 43.8 Å². The maximum atomic E-state index is 11.6. The molecule has 0 unspecified atom stereocenters. The molecule has 0 spiro atoms. The molecule has 6 N–H and O–H groups in total. The lowest BCUT2D eigenvalue weighted by molar-refractivity contribution is -0.287. The van der Waals surface area contributed by atoms with Crippen LogP contribution in [0.5, 0.6) is 0 Å². The molecule has 1 aromatic heterocycles. The summed E-state index contributed by atoms with van der Waals surface area (Å²) in [5.41, 5.74) is 11.1. The second-order valence-corrected chi connectivity index (χ2v) is 6.62. The summed E-state index contributed by atoms with van der Waals surface area (Å²) in [5, 5.41) is 3.77. The number of pyridine rings is 1. The average molecular weight is 439 g/mol. The zero-order chi connectivity index (χ0) is 18.3. The number of nitrogens with one attached hydrogen (secondary N) is 1. The van der Waals surface area contributed by atoms with Gasteiger partial charge in [-0.1, -0.05) is 11.6 Å². The number of rotatable bonds is 7. The highest BCUT2D eigenvalue weighted by atomic mass is 79.9. The number of halogens is 3. The third-order valence-electron chi connectivity index (χ3n) is 3.28. The van der Waals surface area contributed by atoms with Crippen molar-refractivity contribution in [1.29, 1.82) is 0 Å². The summed E-state index contributed by atoms with van der Waals surface area (Å²) in [7, 11) is 1.31. The van der Waals surface area contributed by atoms with Crippen LogP contribution in [0.15, 0.2) is 38.1 Å². The summed E-state index contributed by atoms with van der Waals surface area (Å²) in [6.07, 6.45) is 1.38. The number of hydrogen-bond donors (Lipinski definition) is 3. The molecule has 0 atom stereocenters. The molecule has 0 aliphatic carbocycles. The molecule has 9 heteroatoms. The number of carbonyl (C=O) groups excluding carboxylic acids is 1. The van der Waals surface area contributed by atoms with Gasteiger partial charge in [0.2, 0.25) is 0 Å². The minimum Gasteiger partial charge on any atom is -0.464 e. The fourth-order valence-corrected chi connectivity index (χ4v) is 2.64. The Morgan fingerprint density at radius 1 is 1.46 bits per heavy atom. The number of ether oxygens (including phenoxy) is 1. The first-order chi connectivity index (χ1) is 11.3. The van der Waals surface area contributed by atoms with E-state index < -0.39 is 5.97 Å². The number of allylic oxidation sites excluding steroid dienone is 2. The molecule has 0 aromatic carbocycles. The molecule has 1 heterocycles. The predicted molar refractivity (Wildman–Crippen MR) is 99.5 cm³/mol. The van der Waals surface area contributed by atoms with Crippen molar-refractivity contribution in [3.8, 4) is 0 Å². The molecule has 24 heavy (non-hydrogen) atoms. The molecule has 6 nitrogen and oxygen atoms in total. The Balaban J connectivity index is 2.67. The van der Waals surface area contributed by atoms with Crippen LogP contribution in [0.3, 0.4) is 0 Å². The van der Waals surface area contributed by atoms with Crippen LogP contribution in [-0.2, 0) is 4.74 Å². The smallest absolute Gasteiger partial charge is 0.357 e. The number of methoxy groups -OCH3 is 1. The molecular weight excluding hydrogens is 419 g/mol. The third kappa shape index (κ3) is 5.98. The highest BCUT2D eigenvalue weighted by Gasteiger charge is 2.13. The Bertz CT molecular complexity index is 669. The van der Waals surface area contributed by atoms with Crippen LogP contribution in [-0.4, -0.2) is 24.6 Å². The van der Waals surface area contributed by atoms with Crippen LogP contribution in [0, 0.1) is 0 Å². The van der Waals surface area contributed by atoms with Gasteiger partial charge in [0.05, 0.1) is 11.6 Å². The maximum absolute atomic E-state index is 11.6. The molecule has 0 bridgehead atoms. The summed E-state index contributed by atoms with van der Waals surface area (Å²) in [6, 6.07) is 3.50. The van der Waals surface area contributed by atoms with Gasteiger partial charge >= 0.3 is 5.97 Å². The number of nitrogens with two attached hydrogens (primary N) is 1.